The van der Waals surface area contributed by atoms with Crippen LogP contribution in [-0.4, -0.2) is 15.8 Å². The van der Waals surface area contributed by atoms with E-state index in [9.17, 15) is 23.7 Å². The summed E-state index contributed by atoms with van der Waals surface area (Å²) < 4.78 is 26.3. The van der Waals surface area contributed by atoms with Crippen LogP contribution >= 0.6 is 0 Å². The molecule has 2 rings (SSSR count). The second-order valence-corrected chi connectivity index (χ2v) is 4.03. The lowest BCUT2D eigenvalue weighted by atomic mass is 10.1. The molecule has 108 valence electrons. The van der Waals surface area contributed by atoms with Crippen LogP contribution in [0.5, 0.6) is 0 Å². The molecule has 1 heterocycles. The van der Waals surface area contributed by atoms with Gasteiger partial charge in [-0.3, -0.25) is 14.9 Å². The Bertz CT molecular complexity index is 707. The first-order valence-electron chi connectivity index (χ1n) is 5.81. The molecular formula is C13H9F2N3O3. The van der Waals surface area contributed by atoms with E-state index in [4.69, 9.17) is 0 Å². The van der Waals surface area contributed by atoms with Gasteiger partial charge in [-0.15, -0.1) is 0 Å². The van der Waals surface area contributed by atoms with Crippen LogP contribution in [0, 0.1) is 21.9 Å². The SMILES string of the molecule is O=C(NCc1ccccc1[N+](=O)[O-])c1ccnc(F)c1F. The summed E-state index contributed by atoms with van der Waals surface area (Å²) in [6.07, 6.45) is 0.957. The van der Waals surface area contributed by atoms with Crippen LogP contribution in [0.1, 0.15) is 15.9 Å². The number of hydrogen-bond acceptors (Lipinski definition) is 4. The molecule has 1 N–H and O–H groups in total. The van der Waals surface area contributed by atoms with Gasteiger partial charge in [-0.1, -0.05) is 18.2 Å². The minimum atomic E-state index is -1.38. The largest absolute Gasteiger partial charge is 0.348 e. The van der Waals surface area contributed by atoms with Crippen LogP contribution in [0.2, 0.25) is 0 Å². The Morgan fingerprint density at radius 1 is 1.29 bits per heavy atom. The molecule has 0 bridgehead atoms. The maximum atomic E-state index is 13.4. The average molecular weight is 293 g/mol. The molecule has 8 heteroatoms. The van der Waals surface area contributed by atoms with Gasteiger partial charge in [0, 0.05) is 24.4 Å². The van der Waals surface area contributed by atoms with Crippen LogP contribution < -0.4 is 5.32 Å². The van der Waals surface area contributed by atoms with E-state index in [-0.39, 0.29) is 17.8 Å². The van der Waals surface area contributed by atoms with Gasteiger partial charge in [0.2, 0.25) is 5.95 Å². The second kappa shape index (κ2) is 6.04. The van der Waals surface area contributed by atoms with Crippen LogP contribution in [0.4, 0.5) is 14.5 Å². The molecule has 0 saturated carbocycles. The molecule has 0 aliphatic rings. The summed E-state index contributed by atoms with van der Waals surface area (Å²) in [5.41, 5.74) is -0.425. The molecule has 6 nitrogen and oxygen atoms in total. The van der Waals surface area contributed by atoms with Crippen molar-refractivity contribution in [2.45, 2.75) is 6.54 Å². The summed E-state index contributed by atoms with van der Waals surface area (Å²) in [6, 6.07) is 6.83. The van der Waals surface area contributed by atoms with Crippen molar-refractivity contribution in [3.05, 3.63) is 69.5 Å². The molecule has 0 atom stereocenters. The molecule has 0 aliphatic carbocycles. The number of carbonyl (C=O) groups excluding carboxylic acids is 1. The Morgan fingerprint density at radius 3 is 2.71 bits per heavy atom. The fraction of sp³-hybridized carbons (Fsp3) is 0.0769. The quantitative estimate of drug-likeness (QED) is 0.532. The smallest absolute Gasteiger partial charge is 0.274 e. The molecule has 1 aromatic heterocycles. The lowest BCUT2D eigenvalue weighted by molar-refractivity contribution is -0.385. The van der Waals surface area contributed by atoms with Crippen molar-refractivity contribution in [2.24, 2.45) is 0 Å². The topological polar surface area (TPSA) is 85.1 Å². The van der Waals surface area contributed by atoms with Crippen molar-refractivity contribution in [3.63, 3.8) is 0 Å². The van der Waals surface area contributed by atoms with Crippen LogP contribution in [0.25, 0.3) is 0 Å². The predicted octanol–water partition coefficient (Wildman–Crippen LogP) is 2.20. The zero-order valence-electron chi connectivity index (χ0n) is 10.5. The predicted molar refractivity (Wildman–Crippen MR) is 68.4 cm³/mol. The van der Waals surface area contributed by atoms with E-state index in [1.165, 1.54) is 18.2 Å². The lowest BCUT2D eigenvalue weighted by Crippen LogP contribution is -2.24. The van der Waals surface area contributed by atoms with Gasteiger partial charge in [-0.2, -0.15) is 4.39 Å². The number of para-hydroxylation sites is 1. The lowest BCUT2D eigenvalue weighted by Gasteiger charge is -2.06. The summed E-state index contributed by atoms with van der Waals surface area (Å²) in [5.74, 6) is -3.63. The second-order valence-electron chi connectivity index (χ2n) is 4.03. The van der Waals surface area contributed by atoms with Crippen molar-refractivity contribution >= 4 is 11.6 Å². The van der Waals surface area contributed by atoms with E-state index < -0.39 is 28.2 Å². The third-order valence-corrected chi connectivity index (χ3v) is 2.72. The number of pyridine rings is 1. The number of hydrogen-bond donors (Lipinski definition) is 1. The van der Waals surface area contributed by atoms with E-state index >= 15 is 0 Å². The minimum absolute atomic E-state index is 0.167. The number of nitrogens with one attached hydrogen (secondary N) is 1. The summed E-state index contributed by atoms with van der Waals surface area (Å²) in [7, 11) is 0. The van der Waals surface area contributed by atoms with E-state index in [2.05, 4.69) is 10.3 Å². The summed E-state index contributed by atoms with van der Waals surface area (Å²) >= 11 is 0. The van der Waals surface area contributed by atoms with E-state index in [0.717, 1.165) is 12.3 Å². The highest BCUT2D eigenvalue weighted by molar-refractivity contribution is 5.94. The van der Waals surface area contributed by atoms with Gasteiger partial charge in [0.25, 0.3) is 11.6 Å². The standard InChI is InChI=1S/C13H9F2N3O3/c14-11-9(5-6-16-12(11)15)13(19)17-7-8-3-1-2-4-10(8)18(20)21/h1-6H,7H2,(H,17,19). The van der Waals surface area contributed by atoms with Crippen LogP contribution in [0.15, 0.2) is 36.5 Å². The van der Waals surface area contributed by atoms with Gasteiger partial charge in [-0.05, 0) is 6.07 Å². The number of aromatic nitrogens is 1. The van der Waals surface area contributed by atoms with Crippen molar-refractivity contribution in [3.8, 4) is 0 Å². The highest BCUT2D eigenvalue weighted by atomic mass is 19.2. The third-order valence-electron chi connectivity index (χ3n) is 2.72. The summed E-state index contributed by atoms with van der Waals surface area (Å²) in [6.45, 7) is -0.181. The number of benzene rings is 1. The zero-order chi connectivity index (χ0) is 15.4. The Morgan fingerprint density at radius 2 is 2.00 bits per heavy atom. The average Bonchev–Trinajstić information content (AvgIpc) is 2.47. The van der Waals surface area contributed by atoms with E-state index in [1.54, 1.807) is 6.07 Å². The van der Waals surface area contributed by atoms with Crippen molar-refractivity contribution < 1.29 is 18.5 Å². The molecule has 1 amide bonds. The Labute approximate surface area is 117 Å². The normalized spacial score (nSPS) is 10.2. The first-order valence-corrected chi connectivity index (χ1v) is 5.81. The molecule has 21 heavy (non-hydrogen) atoms. The maximum absolute atomic E-state index is 13.4. The first kappa shape index (κ1) is 14.5. The number of amides is 1. The molecular weight excluding hydrogens is 284 g/mol. The van der Waals surface area contributed by atoms with E-state index in [0.29, 0.717) is 0 Å². The van der Waals surface area contributed by atoms with E-state index in [1.807, 2.05) is 0 Å². The number of nitrogens with zero attached hydrogens (tertiary/aromatic N) is 2. The summed E-state index contributed by atoms with van der Waals surface area (Å²) in [4.78, 5) is 25.0. The molecule has 0 spiro atoms. The molecule has 2 aromatic rings. The van der Waals surface area contributed by atoms with Gasteiger partial charge < -0.3 is 5.32 Å². The first-order chi connectivity index (χ1) is 10.0. The Hall–Kier alpha value is -2.90. The van der Waals surface area contributed by atoms with Crippen molar-refractivity contribution in [1.82, 2.24) is 10.3 Å². The number of rotatable bonds is 4. The minimum Gasteiger partial charge on any atom is -0.348 e. The molecule has 0 saturated heterocycles. The molecule has 0 aliphatic heterocycles. The number of nitro benzene ring substituents is 1. The Kier molecular flexibility index (Phi) is 4.17. The van der Waals surface area contributed by atoms with Gasteiger partial charge in [-0.25, -0.2) is 9.37 Å². The van der Waals surface area contributed by atoms with Gasteiger partial charge in [0.05, 0.1) is 10.5 Å². The van der Waals surface area contributed by atoms with Crippen molar-refractivity contribution in [2.75, 3.05) is 0 Å². The highest BCUT2D eigenvalue weighted by Gasteiger charge is 2.17. The van der Waals surface area contributed by atoms with Gasteiger partial charge in [0.1, 0.15) is 0 Å². The van der Waals surface area contributed by atoms with Gasteiger partial charge >= 0.3 is 0 Å². The zero-order valence-corrected chi connectivity index (χ0v) is 10.5. The molecule has 0 fully saturated rings. The van der Waals surface area contributed by atoms with Crippen molar-refractivity contribution in [1.29, 1.82) is 0 Å². The fourth-order valence-electron chi connectivity index (χ4n) is 1.70. The highest BCUT2D eigenvalue weighted by Crippen LogP contribution is 2.17. The Balaban J connectivity index is 2.15. The van der Waals surface area contributed by atoms with Crippen LogP contribution in [0.3, 0.4) is 0 Å². The molecule has 0 radical (unpaired) electrons. The fourth-order valence-corrected chi connectivity index (χ4v) is 1.70. The number of carbonyl (C=O) groups is 1. The number of nitro groups is 1. The number of halogens is 2. The van der Waals surface area contributed by atoms with Crippen LogP contribution in [-0.2, 0) is 6.54 Å². The molecule has 0 unspecified atom stereocenters. The maximum Gasteiger partial charge on any atom is 0.274 e. The third kappa shape index (κ3) is 3.16. The monoisotopic (exact) mass is 293 g/mol. The molecule has 1 aromatic carbocycles. The van der Waals surface area contributed by atoms with Gasteiger partial charge in [0.15, 0.2) is 5.82 Å². The summed E-state index contributed by atoms with van der Waals surface area (Å²) in [5, 5.41) is 13.1.